The molecular formula is C30H30BrClN6. The molecule has 2 saturated heterocycles. The van der Waals surface area contributed by atoms with Gasteiger partial charge in [0, 0.05) is 28.4 Å². The van der Waals surface area contributed by atoms with Crippen molar-refractivity contribution in [1.82, 2.24) is 30.6 Å². The molecule has 2 aliphatic heterocycles. The van der Waals surface area contributed by atoms with Gasteiger partial charge in [-0.15, -0.1) is 0 Å². The second-order valence-corrected chi connectivity index (χ2v) is 12.1. The average Bonchev–Trinajstić information content (AvgIpc) is 3.71. The summed E-state index contributed by atoms with van der Waals surface area (Å²) in [5.41, 5.74) is 6.25. The zero-order valence-corrected chi connectivity index (χ0v) is 23.7. The number of H-pyrrole nitrogens is 2. The van der Waals surface area contributed by atoms with Crippen LogP contribution in [0.2, 0.25) is 5.02 Å². The molecule has 0 unspecified atom stereocenters. The third-order valence-corrected chi connectivity index (χ3v) is 9.02. The van der Waals surface area contributed by atoms with E-state index in [1.807, 2.05) is 6.07 Å². The number of rotatable bonds is 4. The Labute approximate surface area is 235 Å². The lowest BCUT2D eigenvalue weighted by Gasteiger charge is -2.08. The fourth-order valence-electron chi connectivity index (χ4n) is 6.04. The molecule has 4 atom stereocenters. The number of fused-ring (bicyclic) bond motifs is 3. The van der Waals surface area contributed by atoms with Crippen molar-refractivity contribution in [3.05, 3.63) is 69.8 Å². The summed E-state index contributed by atoms with van der Waals surface area (Å²) in [6.07, 6.45) is 4.54. The van der Waals surface area contributed by atoms with Crippen molar-refractivity contribution < 1.29 is 0 Å². The summed E-state index contributed by atoms with van der Waals surface area (Å²) >= 11 is 10.5. The molecule has 3 aromatic carbocycles. The molecular weight excluding hydrogens is 560 g/mol. The van der Waals surface area contributed by atoms with E-state index < -0.39 is 0 Å². The summed E-state index contributed by atoms with van der Waals surface area (Å²) in [6, 6.07) is 18.7. The van der Waals surface area contributed by atoms with E-state index in [0.29, 0.717) is 12.1 Å². The van der Waals surface area contributed by atoms with Crippen LogP contribution in [-0.2, 0) is 0 Å². The lowest BCUT2D eigenvalue weighted by atomic mass is 9.99. The highest BCUT2D eigenvalue weighted by Crippen LogP contribution is 2.37. The highest BCUT2D eigenvalue weighted by molar-refractivity contribution is 9.10. The van der Waals surface area contributed by atoms with Crippen LogP contribution >= 0.6 is 27.5 Å². The molecule has 6 nitrogen and oxygen atoms in total. The molecule has 0 saturated carbocycles. The molecule has 4 heterocycles. The molecule has 0 bridgehead atoms. The van der Waals surface area contributed by atoms with Gasteiger partial charge in [-0.25, -0.2) is 9.97 Å². The van der Waals surface area contributed by atoms with E-state index in [1.54, 1.807) is 0 Å². The fourth-order valence-corrected chi connectivity index (χ4v) is 6.83. The maximum Gasteiger partial charge on any atom is 0.124 e. The molecule has 2 fully saturated rings. The Morgan fingerprint density at radius 1 is 0.737 bits per heavy atom. The number of nitrogens with one attached hydrogen (secondary N) is 4. The van der Waals surface area contributed by atoms with Crippen molar-refractivity contribution in [2.24, 2.45) is 0 Å². The quantitative estimate of drug-likeness (QED) is 0.172. The number of hydrogen-bond acceptors (Lipinski definition) is 4. The van der Waals surface area contributed by atoms with Crippen LogP contribution in [0.5, 0.6) is 0 Å². The van der Waals surface area contributed by atoms with Crippen LogP contribution in [0.4, 0.5) is 0 Å². The number of aromatic nitrogens is 4. The molecule has 0 aliphatic carbocycles. The van der Waals surface area contributed by atoms with E-state index in [0.717, 1.165) is 78.3 Å². The van der Waals surface area contributed by atoms with E-state index in [9.17, 15) is 0 Å². The third-order valence-electron chi connectivity index (χ3n) is 8.13. The largest absolute Gasteiger partial charge is 0.341 e. The van der Waals surface area contributed by atoms with Crippen LogP contribution in [0.1, 0.15) is 63.3 Å². The van der Waals surface area contributed by atoms with Crippen LogP contribution in [0.15, 0.2) is 53.1 Å². The summed E-state index contributed by atoms with van der Waals surface area (Å²) < 4.78 is 0.920. The summed E-state index contributed by atoms with van der Waals surface area (Å²) in [4.78, 5) is 16.9. The molecule has 4 N–H and O–H groups in total. The zero-order chi connectivity index (χ0) is 26.0. The fraction of sp³-hybridized carbons (Fsp3) is 0.333. The number of imidazole rings is 2. The highest BCUT2D eigenvalue weighted by atomic mass is 79.9. The van der Waals surface area contributed by atoms with Crippen LogP contribution in [0.3, 0.4) is 0 Å². The van der Waals surface area contributed by atoms with E-state index in [2.05, 4.69) is 92.8 Å². The standard InChI is InChI=1S/C30H30BrClN6/c1-15-3-11-23(33-15)29-35-25-14-22(32)21-13-19(9-10-20(21)27(25)37-29)17-5-7-18(8-6-17)26-28(31)38-30(36-26)24-12-4-16(2)34-24/h5-10,13-16,23-24,33-34H,3-4,11-12H2,1-2H3,(H,35,37)(H,36,38)/t15-,16+,23+,24+/m1/s1. The third kappa shape index (κ3) is 4.26. The van der Waals surface area contributed by atoms with Gasteiger partial charge in [-0.3, -0.25) is 0 Å². The molecule has 2 aromatic heterocycles. The minimum absolute atomic E-state index is 0.271. The van der Waals surface area contributed by atoms with Crippen LogP contribution in [0.25, 0.3) is 44.2 Å². The van der Waals surface area contributed by atoms with E-state index in [1.165, 1.54) is 12.8 Å². The Hall–Kier alpha value is -2.71. The van der Waals surface area contributed by atoms with Gasteiger partial charge in [-0.05, 0) is 78.7 Å². The monoisotopic (exact) mass is 588 g/mol. The summed E-state index contributed by atoms with van der Waals surface area (Å²) in [7, 11) is 0. The molecule has 5 aromatic rings. The van der Waals surface area contributed by atoms with Gasteiger partial charge in [0.05, 0.1) is 28.1 Å². The van der Waals surface area contributed by atoms with Gasteiger partial charge in [0.1, 0.15) is 21.9 Å². The van der Waals surface area contributed by atoms with Crippen molar-refractivity contribution in [2.45, 2.75) is 63.7 Å². The minimum Gasteiger partial charge on any atom is -0.341 e. The Kier molecular flexibility index (Phi) is 6.08. The average molecular weight is 590 g/mol. The topological polar surface area (TPSA) is 81.4 Å². The smallest absolute Gasteiger partial charge is 0.124 e. The number of nitrogens with zero attached hydrogens (tertiary/aromatic N) is 2. The molecule has 2 aliphatic rings. The molecule has 7 rings (SSSR count). The first-order valence-electron chi connectivity index (χ1n) is 13.4. The van der Waals surface area contributed by atoms with Crippen molar-refractivity contribution in [1.29, 1.82) is 0 Å². The number of benzene rings is 3. The predicted octanol–water partition coefficient (Wildman–Crippen LogP) is 7.82. The van der Waals surface area contributed by atoms with E-state index in [4.69, 9.17) is 21.6 Å². The molecule has 0 spiro atoms. The van der Waals surface area contributed by atoms with Crippen molar-refractivity contribution >= 4 is 49.3 Å². The van der Waals surface area contributed by atoms with Crippen molar-refractivity contribution in [3.8, 4) is 22.4 Å². The SMILES string of the molecule is C[C@@H]1CC[C@@H](c2nc3c(cc(Cl)c4cc(-c5ccc(-c6nc([C@@H]7CC[C@H](C)N7)[nH]c6Br)cc5)ccc43)[nH]2)N1. The second kappa shape index (κ2) is 9.49. The van der Waals surface area contributed by atoms with Crippen molar-refractivity contribution in [3.63, 3.8) is 0 Å². The van der Waals surface area contributed by atoms with Crippen LogP contribution in [0, 0.1) is 0 Å². The highest BCUT2D eigenvalue weighted by Gasteiger charge is 2.26. The van der Waals surface area contributed by atoms with Crippen LogP contribution in [-0.4, -0.2) is 32.0 Å². The van der Waals surface area contributed by atoms with E-state index in [-0.39, 0.29) is 12.1 Å². The molecule has 8 heteroatoms. The molecule has 0 amide bonds. The number of halogens is 2. The van der Waals surface area contributed by atoms with Crippen molar-refractivity contribution in [2.75, 3.05) is 0 Å². The van der Waals surface area contributed by atoms with Gasteiger partial charge in [-0.2, -0.15) is 0 Å². The first kappa shape index (κ1) is 24.3. The minimum atomic E-state index is 0.271. The van der Waals surface area contributed by atoms with E-state index >= 15 is 0 Å². The number of aromatic amines is 2. The Morgan fingerprint density at radius 3 is 2.03 bits per heavy atom. The molecule has 0 radical (unpaired) electrons. The Bertz CT molecular complexity index is 1660. The Morgan fingerprint density at radius 2 is 1.37 bits per heavy atom. The zero-order valence-electron chi connectivity index (χ0n) is 21.4. The molecule has 194 valence electrons. The number of hydrogen-bond donors (Lipinski definition) is 4. The van der Waals surface area contributed by atoms with Gasteiger partial charge in [0.15, 0.2) is 0 Å². The van der Waals surface area contributed by atoms with Gasteiger partial charge >= 0.3 is 0 Å². The summed E-state index contributed by atoms with van der Waals surface area (Å²) in [5, 5.41) is 10.1. The summed E-state index contributed by atoms with van der Waals surface area (Å²) in [5.74, 6) is 1.99. The Balaban J connectivity index is 1.19. The second-order valence-electron chi connectivity index (χ2n) is 10.9. The first-order chi connectivity index (χ1) is 18.4. The predicted molar refractivity (Wildman–Crippen MR) is 158 cm³/mol. The van der Waals surface area contributed by atoms with Crippen LogP contribution < -0.4 is 10.6 Å². The van der Waals surface area contributed by atoms with Gasteiger partial charge in [-0.1, -0.05) is 48.0 Å². The normalized spacial score (nSPS) is 23.7. The maximum atomic E-state index is 6.79. The van der Waals surface area contributed by atoms with Gasteiger partial charge in [0.25, 0.3) is 0 Å². The summed E-state index contributed by atoms with van der Waals surface area (Å²) in [6.45, 7) is 4.45. The van der Waals surface area contributed by atoms with Gasteiger partial charge in [0.2, 0.25) is 0 Å². The molecule has 38 heavy (non-hydrogen) atoms. The van der Waals surface area contributed by atoms with Gasteiger partial charge < -0.3 is 20.6 Å². The lowest BCUT2D eigenvalue weighted by Crippen LogP contribution is -2.21. The lowest BCUT2D eigenvalue weighted by molar-refractivity contribution is 0.564. The maximum absolute atomic E-state index is 6.79. The first-order valence-corrected chi connectivity index (χ1v) is 14.6.